The minimum atomic E-state index is -1.07. The molecular formula is C15H17FN2O5. The van der Waals surface area contributed by atoms with Crippen LogP contribution in [0.25, 0.3) is 0 Å². The summed E-state index contributed by atoms with van der Waals surface area (Å²) >= 11 is 0. The molecule has 0 atom stereocenters. The number of piperidine rings is 1. The van der Waals surface area contributed by atoms with Gasteiger partial charge in [0.15, 0.2) is 0 Å². The second-order valence-corrected chi connectivity index (χ2v) is 5.27. The zero-order chi connectivity index (χ0) is 17.0. The maximum Gasteiger partial charge on any atom is 0.346 e. The molecule has 1 aromatic carbocycles. The molecule has 7 nitrogen and oxygen atoms in total. The highest BCUT2D eigenvalue weighted by Gasteiger charge is 2.28. The molecule has 1 saturated heterocycles. The van der Waals surface area contributed by atoms with E-state index in [4.69, 9.17) is 4.74 Å². The molecule has 0 saturated carbocycles. The first-order valence-electron chi connectivity index (χ1n) is 7.38. The minimum Gasteiger partial charge on any atom is -0.389 e. The molecular weight excluding hydrogens is 307 g/mol. The Bertz CT molecular complexity index is 641. The number of ether oxygens (including phenoxy) is 1. The van der Waals surface area contributed by atoms with Crippen LogP contribution in [0.3, 0.4) is 0 Å². The van der Waals surface area contributed by atoms with Crippen molar-refractivity contribution in [2.45, 2.75) is 26.2 Å². The molecule has 0 aromatic heterocycles. The van der Waals surface area contributed by atoms with E-state index in [9.17, 15) is 24.1 Å². The molecule has 0 aliphatic carbocycles. The van der Waals surface area contributed by atoms with Crippen LogP contribution >= 0.6 is 0 Å². The van der Waals surface area contributed by atoms with Gasteiger partial charge in [-0.2, -0.15) is 4.39 Å². The summed E-state index contributed by atoms with van der Waals surface area (Å²) in [7, 11) is 0. The third-order valence-electron chi connectivity index (χ3n) is 3.86. The molecule has 1 aliphatic heterocycles. The number of nitro benzene ring substituents is 1. The summed E-state index contributed by atoms with van der Waals surface area (Å²) in [5.74, 6) is -3.05. The van der Waals surface area contributed by atoms with Crippen molar-refractivity contribution in [3.63, 3.8) is 0 Å². The van der Waals surface area contributed by atoms with Crippen LogP contribution in [-0.4, -0.2) is 30.0 Å². The lowest BCUT2D eigenvalue weighted by atomic mass is 9.98. The molecule has 0 spiro atoms. The Morgan fingerprint density at radius 1 is 1.39 bits per heavy atom. The van der Waals surface area contributed by atoms with E-state index in [1.807, 2.05) is 0 Å². The summed E-state index contributed by atoms with van der Waals surface area (Å²) in [4.78, 5) is 34.0. The van der Waals surface area contributed by atoms with Crippen LogP contribution in [0.4, 0.5) is 10.1 Å². The fourth-order valence-electron chi connectivity index (χ4n) is 2.57. The summed E-state index contributed by atoms with van der Waals surface area (Å²) in [6.07, 6.45) is 1.21. The molecule has 0 bridgehead atoms. The topological polar surface area (TPSA) is 98.5 Å². The highest BCUT2D eigenvalue weighted by atomic mass is 19.1. The summed E-state index contributed by atoms with van der Waals surface area (Å²) < 4.78 is 18.9. The Morgan fingerprint density at radius 2 is 2.04 bits per heavy atom. The van der Waals surface area contributed by atoms with Gasteiger partial charge in [-0.25, -0.2) is 4.79 Å². The van der Waals surface area contributed by atoms with Crippen LogP contribution in [0.5, 0.6) is 0 Å². The monoisotopic (exact) mass is 324 g/mol. The Labute approximate surface area is 132 Å². The average Bonchev–Trinajstić information content (AvgIpc) is 2.54. The van der Waals surface area contributed by atoms with Gasteiger partial charge in [-0.05, 0) is 38.4 Å². The predicted octanol–water partition coefficient (Wildman–Crippen LogP) is 1.98. The molecule has 0 radical (unpaired) electrons. The fourth-order valence-corrected chi connectivity index (χ4v) is 2.57. The van der Waals surface area contributed by atoms with Crippen molar-refractivity contribution in [1.29, 1.82) is 0 Å². The predicted molar refractivity (Wildman–Crippen MR) is 78.4 cm³/mol. The van der Waals surface area contributed by atoms with Gasteiger partial charge < -0.3 is 10.1 Å². The van der Waals surface area contributed by atoms with Gasteiger partial charge in [0.1, 0.15) is 0 Å². The Hall–Kier alpha value is -2.35. The summed E-state index contributed by atoms with van der Waals surface area (Å²) in [5.41, 5.74) is -0.983. The van der Waals surface area contributed by atoms with Crippen molar-refractivity contribution in [3.05, 3.63) is 39.2 Å². The summed E-state index contributed by atoms with van der Waals surface area (Å²) in [5, 5.41) is 13.8. The molecule has 1 fully saturated rings. The maximum atomic E-state index is 14.1. The summed E-state index contributed by atoms with van der Waals surface area (Å²) in [6.45, 7) is 2.90. The van der Waals surface area contributed by atoms with Gasteiger partial charge in [0.25, 0.3) is 0 Å². The highest BCUT2D eigenvalue weighted by Crippen LogP contribution is 2.25. The van der Waals surface area contributed by atoms with Gasteiger partial charge in [0, 0.05) is 11.6 Å². The van der Waals surface area contributed by atoms with Crippen molar-refractivity contribution >= 4 is 17.6 Å². The molecule has 0 unspecified atom stereocenters. The number of nitro groups is 1. The van der Waals surface area contributed by atoms with Crippen LogP contribution in [0.15, 0.2) is 12.1 Å². The van der Waals surface area contributed by atoms with E-state index in [1.54, 1.807) is 6.92 Å². The van der Waals surface area contributed by atoms with Crippen LogP contribution in [0.2, 0.25) is 0 Å². The van der Waals surface area contributed by atoms with E-state index in [2.05, 4.69) is 5.32 Å². The largest absolute Gasteiger partial charge is 0.389 e. The van der Waals surface area contributed by atoms with E-state index in [0.29, 0.717) is 25.9 Å². The molecule has 1 N–H and O–H groups in total. The first kappa shape index (κ1) is 17.0. The van der Waals surface area contributed by atoms with E-state index in [1.165, 1.54) is 0 Å². The molecule has 1 heterocycles. The second-order valence-electron chi connectivity index (χ2n) is 5.27. The number of esters is 2. The number of carbonyl (C=O) groups excluding carboxylic acids is 2. The lowest BCUT2D eigenvalue weighted by Crippen LogP contribution is -2.33. The molecule has 8 heteroatoms. The van der Waals surface area contributed by atoms with E-state index in [0.717, 1.165) is 12.1 Å². The van der Waals surface area contributed by atoms with Gasteiger partial charge in [-0.3, -0.25) is 14.9 Å². The third kappa shape index (κ3) is 3.70. The molecule has 2 rings (SSSR count). The normalized spacial score (nSPS) is 15.2. The quantitative estimate of drug-likeness (QED) is 0.393. The van der Waals surface area contributed by atoms with Crippen molar-refractivity contribution in [1.82, 2.24) is 5.32 Å². The highest BCUT2D eigenvalue weighted by molar-refractivity contribution is 5.98. The SMILES string of the molecule is CCc1c(C(=O)OC(=O)C2CCNCC2)ccc([N+](=O)[O-])c1F. The standard InChI is InChI=1S/C15H17FN2O5/c1-2-10-11(3-4-12(13(10)16)18(21)22)15(20)23-14(19)9-5-7-17-8-6-9/h3-4,9,17H,2,5-8H2,1H3. The number of carbonyl (C=O) groups is 2. The third-order valence-corrected chi connectivity index (χ3v) is 3.86. The molecule has 1 aliphatic rings. The lowest BCUT2D eigenvalue weighted by molar-refractivity contribution is -0.387. The average molecular weight is 324 g/mol. The smallest absolute Gasteiger partial charge is 0.346 e. The number of benzene rings is 1. The van der Waals surface area contributed by atoms with Gasteiger partial charge in [0.05, 0.1) is 16.4 Å². The van der Waals surface area contributed by atoms with Gasteiger partial charge in [-0.15, -0.1) is 0 Å². The van der Waals surface area contributed by atoms with Crippen molar-refractivity contribution in [3.8, 4) is 0 Å². The number of hydrogen-bond donors (Lipinski definition) is 1. The number of nitrogens with one attached hydrogen (secondary N) is 1. The van der Waals surface area contributed by atoms with Crippen LogP contribution < -0.4 is 5.32 Å². The lowest BCUT2D eigenvalue weighted by Gasteiger charge is -2.20. The molecule has 1 aromatic rings. The first-order valence-corrected chi connectivity index (χ1v) is 7.38. The van der Waals surface area contributed by atoms with Crippen LogP contribution in [-0.2, 0) is 16.0 Å². The summed E-state index contributed by atoms with van der Waals surface area (Å²) in [6, 6.07) is 2.03. The molecule has 124 valence electrons. The van der Waals surface area contributed by atoms with E-state index < -0.39 is 28.4 Å². The van der Waals surface area contributed by atoms with Crippen LogP contribution in [0.1, 0.15) is 35.7 Å². The molecule has 23 heavy (non-hydrogen) atoms. The van der Waals surface area contributed by atoms with Crippen LogP contribution in [0, 0.1) is 21.8 Å². The zero-order valence-electron chi connectivity index (χ0n) is 12.6. The Balaban J connectivity index is 2.20. The zero-order valence-corrected chi connectivity index (χ0v) is 12.6. The first-order chi connectivity index (χ1) is 11.0. The van der Waals surface area contributed by atoms with Gasteiger partial charge in [-0.1, -0.05) is 6.92 Å². The minimum absolute atomic E-state index is 0.0689. The van der Waals surface area contributed by atoms with Crippen molar-refractivity contribution in [2.24, 2.45) is 5.92 Å². The fraction of sp³-hybridized carbons (Fsp3) is 0.467. The van der Waals surface area contributed by atoms with Crippen molar-refractivity contribution < 1.29 is 23.6 Å². The number of nitrogens with zero attached hydrogens (tertiary/aromatic N) is 1. The number of hydrogen-bond acceptors (Lipinski definition) is 6. The van der Waals surface area contributed by atoms with E-state index in [-0.39, 0.29) is 23.5 Å². The van der Waals surface area contributed by atoms with Crippen molar-refractivity contribution in [2.75, 3.05) is 13.1 Å². The Morgan fingerprint density at radius 3 is 2.61 bits per heavy atom. The molecule has 0 amide bonds. The second kappa shape index (κ2) is 7.28. The van der Waals surface area contributed by atoms with Gasteiger partial charge in [0.2, 0.25) is 5.82 Å². The number of rotatable bonds is 4. The van der Waals surface area contributed by atoms with E-state index >= 15 is 0 Å². The maximum absolute atomic E-state index is 14.1. The van der Waals surface area contributed by atoms with Gasteiger partial charge >= 0.3 is 17.6 Å². The number of halogens is 1. The Kier molecular flexibility index (Phi) is 5.38.